The maximum atomic E-state index is 12.9. The fourth-order valence-corrected chi connectivity index (χ4v) is 3.67. The number of carbonyl (C=O) groups is 1. The summed E-state index contributed by atoms with van der Waals surface area (Å²) in [5.41, 5.74) is -1.43. The number of alkyl halides is 3. The van der Waals surface area contributed by atoms with Crippen molar-refractivity contribution in [2.45, 2.75) is 6.18 Å². The largest absolute Gasteiger partial charge is 0.418 e. The molecule has 1 aromatic heterocycles. The van der Waals surface area contributed by atoms with Crippen molar-refractivity contribution in [2.24, 2.45) is 0 Å². The minimum atomic E-state index is -4.61. The molecule has 0 saturated carbocycles. The number of thiophene rings is 1. The lowest BCUT2D eigenvalue weighted by molar-refractivity contribution is -0.136. The lowest BCUT2D eigenvalue weighted by Gasteiger charge is -2.14. The van der Waals surface area contributed by atoms with Crippen molar-refractivity contribution in [2.75, 3.05) is 5.32 Å². The Hall–Kier alpha value is -0.570. The minimum Gasteiger partial charge on any atom is -0.319 e. The van der Waals surface area contributed by atoms with E-state index in [1.165, 1.54) is 18.2 Å². The van der Waals surface area contributed by atoms with Gasteiger partial charge in [-0.2, -0.15) is 13.2 Å². The van der Waals surface area contributed by atoms with Crippen LogP contribution in [0.15, 0.2) is 32.5 Å². The Balaban J connectivity index is 2.37. The number of para-hydroxylation sites is 1. The molecule has 2 nitrogen and oxygen atoms in total. The summed E-state index contributed by atoms with van der Waals surface area (Å²) in [5.74, 6) is -0.662. The highest BCUT2D eigenvalue weighted by Crippen LogP contribution is 2.39. The molecule has 21 heavy (non-hydrogen) atoms. The summed E-state index contributed by atoms with van der Waals surface area (Å²) in [6.45, 7) is 0. The molecule has 0 saturated heterocycles. The van der Waals surface area contributed by atoms with Gasteiger partial charge in [-0.25, -0.2) is 0 Å². The highest BCUT2D eigenvalue weighted by atomic mass is 79.9. The molecular weight excluding hydrogens is 458 g/mol. The first-order valence-electron chi connectivity index (χ1n) is 5.32. The van der Waals surface area contributed by atoms with Crippen LogP contribution in [0.25, 0.3) is 0 Å². The van der Waals surface area contributed by atoms with Crippen LogP contribution in [-0.4, -0.2) is 5.91 Å². The van der Waals surface area contributed by atoms with Crippen molar-refractivity contribution in [3.63, 3.8) is 0 Å². The second-order valence-electron chi connectivity index (χ2n) is 3.85. The van der Waals surface area contributed by atoms with Crippen LogP contribution < -0.4 is 5.32 Å². The number of rotatable bonds is 2. The van der Waals surface area contributed by atoms with E-state index >= 15 is 0 Å². The summed E-state index contributed by atoms with van der Waals surface area (Å²) in [6.07, 6.45) is -4.61. The van der Waals surface area contributed by atoms with Crippen LogP contribution >= 0.6 is 54.8 Å². The van der Waals surface area contributed by atoms with Gasteiger partial charge >= 0.3 is 6.18 Å². The maximum absolute atomic E-state index is 12.9. The molecule has 0 spiro atoms. The van der Waals surface area contributed by atoms with Gasteiger partial charge in [0.15, 0.2) is 0 Å². The highest BCUT2D eigenvalue weighted by molar-refractivity contribution is 9.13. The van der Waals surface area contributed by atoms with E-state index in [0.29, 0.717) is 8.26 Å². The van der Waals surface area contributed by atoms with E-state index in [-0.39, 0.29) is 9.90 Å². The fourth-order valence-electron chi connectivity index (χ4n) is 1.52. The Morgan fingerprint density at radius 2 is 1.95 bits per heavy atom. The summed E-state index contributed by atoms with van der Waals surface area (Å²) in [4.78, 5) is 12.3. The number of amides is 1. The minimum absolute atomic E-state index is 0.173. The first-order valence-corrected chi connectivity index (χ1v) is 8.10. The number of hydrogen-bond donors (Lipinski definition) is 1. The maximum Gasteiger partial charge on any atom is 0.418 e. The Morgan fingerprint density at radius 1 is 1.29 bits per heavy atom. The molecule has 0 atom stereocenters. The molecule has 2 rings (SSSR count). The Morgan fingerprint density at radius 3 is 2.48 bits per heavy atom. The quantitative estimate of drug-likeness (QED) is 0.565. The predicted molar refractivity (Wildman–Crippen MR) is 84.1 cm³/mol. The van der Waals surface area contributed by atoms with Gasteiger partial charge in [-0.3, -0.25) is 4.79 Å². The van der Waals surface area contributed by atoms with Crippen molar-refractivity contribution in [1.82, 2.24) is 0 Å². The van der Waals surface area contributed by atoms with Crippen molar-refractivity contribution < 1.29 is 18.0 Å². The number of anilines is 1. The molecule has 9 heteroatoms. The van der Waals surface area contributed by atoms with Crippen molar-refractivity contribution in [3.05, 3.63) is 48.0 Å². The van der Waals surface area contributed by atoms with Crippen LogP contribution in [0.1, 0.15) is 15.2 Å². The zero-order chi connectivity index (χ0) is 15.8. The Labute approximate surface area is 143 Å². The third-order valence-electron chi connectivity index (χ3n) is 2.43. The fraction of sp³-hybridized carbons (Fsp3) is 0.0833. The summed E-state index contributed by atoms with van der Waals surface area (Å²) < 4.78 is 40.1. The first-order chi connectivity index (χ1) is 9.70. The molecule has 1 heterocycles. The van der Waals surface area contributed by atoms with E-state index in [0.717, 1.165) is 17.4 Å². The van der Waals surface area contributed by atoms with Gasteiger partial charge in [-0.05, 0) is 50.1 Å². The highest BCUT2D eigenvalue weighted by Gasteiger charge is 2.35. The van der Waals surface area contributed by atoms with Crippen LogP contribution in [-0.2, 0) is 6.18 Å². The third kappa shape index (κ3) is 3.80. The van der Waals surface area contributed by atoms with Gasteiger partial charge in [0.25, 0.3) is 5.91 Å². The van der Waals surface area contributed by atoms with E-state index in [9.17, 15) is 18.0 Å². The molecule has 112 valence electrons. The van der Waals surface area contributed by atoms with Gasteiger partial charge in [0.2, 0.25) is 0 Å². The Kier molecular flexibility index (Phi) is 5.02. The predicted octanol–water partition coefficient (Wildman–Crippen LogP) is 6.20. The van der Waals surface area contributed by atoms with E-state index < -0.39 is 23.3 Å². The first kappa shape index (κ1) is 16.8. The topological polar surface area (TPSA) is 29.1 Å². The summed E-state index contributed by atoms with van der Waals surface area (Å²) >= 11 is 13.3. The molecule has 0 bridgehead atoms. The Bertz CT molecular complexity index is 683. The van der Waals surface area contributed by atoms with Gasteiger partial charge in [0, 0.05) is 4.47 Å². The molecule has 0 unspecified atom stereocenters. The lowest BCUT2D eigenvalue weighted by Crippen LogP contribution is -2.16. The van der Waals surface area contributed by atoms with Crippen LogP contribution in [0.4, 0.5) is 18.9 Å². The summed E-state index contributed by atoms with van der Waals surface area (Å²) in [7, 11) is 0. The molecule has 0 radical (unpaired) electrons. The van der Waals surface area contributed by atoms with Gasteiger partial charge in [-0.1, -0.05) is 17.7 Å². The van der Waals surface area contributed by atoms with Gasteiger partial charge < -0.3 is 5.32 Å². The van der Waals surface area contributed by atoms with E-state index in [4.69, 9.17) is 11.6 Å². The summed E-state index contributed by atoms with van der Waals surface area (Å²) in [5, 5.41) is 2.05. The zero-order valence-corrected chi connectivity index (χ0v) is 14.6. The molecular formula is C12H5Br2ClF3NOS. The second-order valence-corrected chi connectivity index (χ2v) is 7.48. The standard InChI is InChI=1S/C12H5Br2ClF3NOS/c13-6-4-8(21-10(6)14)11(20)19-9-5(12(16,17)18)2-1-3-7(9)15/h1-4H,(H,19,20). The number of carbonyl (C=O) groups excluding carboxylic acids is 1. The molecule has 0 aliphatic carbocycles. The third-order valence-corrected chi connectivity index (χ3v) is 6.00. The van der Waals surface area contributed by atoms with Gasteiger partial charge in [0.1, 0.15) is 0 Å². The number of nitrogens with one attached hydrogen (secondary N) is 1. The van der Waals surface area contributed by atoms with E-state index in [2.05, 4.69) is 37.2 Å². The van der Waals surface area contributed by atoms with Crippen LogP contribution in [0.5, 0.6) is 0 Å². The number of hydrogen-bond acceptors (Lipinski definition) is 2. The average molecular weight is 464 g/mol. The van der Waals surface area contributed by atoms with Crippen molar-refractivity contribution in [3.8, 4) is 0 Å². The van der Waals surface area contributed by atoms with Crippen LogP contribution in [0, 0.1) is 0 Å². The molecule has 0 aliphatic heterocycles. The van der Waals surface area contributed by atoms with Crippen LogP contribution in [0.2, 0.25) is 5.02 Å². The molecule has 1 amide bonds. The smallest absolute Gasteiger partial charge is 0.319 e. The van der Waals surface area contributed by atoms with Crippen molar-refractivity contribution in [1.29, 1.82) is 0 Å². The second kappa shape index (κ2) is 6.28. The molecule has 2 aromatic rings. The molecule has 1 aromatic carbocycles. The molecule has 0 fully saturated rings. The van der Waals surface area contributed by atoms with Gasteiger partial charge in [-0.15, -0.1) is 11.3 Å². The van der Waals surface area contributed by atoms with Crippen molar-refractivity contribution >= 4 is 66.4 Å². The summed E-state index contributed by atoms with van der Waals surface area (Å²) in [6, 6.07) is 4.84. The molecule has 0 aliphatic rings. The normalized spacial score (nSPS) is 11.5. The van der Waals surface area contributed by atoms with Crippen LogP contribution in [0.3, 0.4) is 0 Å². The average Bonchev–Trinajstić information content (AvgIpc) is 2.71. The number of halogens is 6. The monoisotopic (exact) mass is 461 g/mol. The zero-order valence-electron chi connectivity index (χ0n) is 9.89. The number of benzene rings is 1. The SMILES string of the molecule is O=C(Nc1c(Cl)cccc1C(F)(F)F)c1cc(Br)c(Br)s1. The van der Waals surface area contributed by atoms with E-state index in [1.807, 2.05) is 0 Å². The van der Waals surface area contributed by atoms with Gasteiger partial charge in [0.05, 0.1) is 24.9 Å². The van der Waals surface area contributed by atoms with E-state index in [1.54, 1.807) is 0 Å². The lowest BCUT2D eigenvalue weighted by atomic mass is 10.1. The molecule has 1 N–H and O–H groups in total.